The summed E-state index contributed by atoms with van der Waals surface area (Å²) in [6.07, 6.45) is 2.00. The van der Waals surface area contributed by atoms with Gasteiger partial charge in [-0.1, -0.05) is 0 Å². The summed E-state index contributed by atoms with van der Waals surface area (Å²) in [7, 11) is 1.96. The van der Waals surface area contributed by atoms with Crippen LogP contribution in [0.1, 0.15) is 6.92 Å². The van der Waals surface area contributed by atoms with Crippen LogP contribution in [-0.2, 0) is 0 Å². The smallest absolute Gasteiger partial charge is 0.117 e. The van der Waals surface area contributed by atoms with Crippen LogP contribution in [0.2, 0.25) is 0 Å². The second-order valence-corrected chi connectivity index (χ2v) is 1.65. The van der Waals surface area contributed by atoms with Crippen molar-refractivity contribution in [3.63, 3.8) is 0 Å². The summed E-state index contributed by atoms with van der Waals surface area (Å²) in [5.74, 6) is 0. The van der Waals surface area contributed by atoms with Gasteiger partial charge in [0.1, 0.15) is 6.17 Å². The average Bonchev–Trinajstić information content (AvgIpc) is 1.91. The normalized spacial score (nSPS) is 30.9. The Hall–Kier alpha value is -0.570. The highest BCUT2D eigenvalue weighted by Crippen LogP contribution is 1.94. The van der Waals surface area contributed by atoms with Crippen LogP contribution in [0.5, 0.6) is 0 Å². The molecule has 0 saturated heterocycles. The fraction of sp³-hybridized carbons (Fsp3) is 0.750. The van der Waals surface area contributed by atoms with Crippen LogP contribution in [0.25, 0.3) is 0 Å². The molecular formula is C4H9N3. The molecule has 1 rings (SSSR count). The lowest BCUT2D eigenvalue weighted by atomic mass is 10.6. The van der Waals surface area contributed by atoms with Crippen molar-refractivity contribution >= 4 is 6.34 Å². The molecule has 3 nitrogen and oxygen atoms in total. The SMILES string of the molecule is CC1N=CNN1C. The molecule has 1 aliphatic heterocycles. The molecule has 1 heterocycles. The molecule has 7 heavy (non-hydrogen) atoms. The van der Waals surface area contributed by atoms with Crippen molar-refractivity contribution in [3.05, 3.63) is 0 Å². The zero-order valence-electron chi connectivity index (χ0n) is 4.55. The van der Waals surface area contributed by atoms with Gasteiger partial charge >= 0.3 is 0 Å². The Bertz CT molecular complexity index is 88.9. The Balaban J connectivity index is 2.45. The van der Waals surface area contributed by atoms with E-state index < -0.39 is 0 Å². The first-order valence-corrected chi connectivity index (χ1v) is 2.31. The lowest BCUT2D eigenvalue weighted by Crippen LogP contribution is -2.32. The van der Waals surface area contributed by atoms with E-state index in [1.54, 1.807) is 6.34 Å². The van der Waals surface area contributed by atoms with Crippen LogP contribution < -0.4 is 5.43 Å². The largest absolute Gasteiger partial charge is 0.308 e. The topological polar surface area (TPSA) is 27.6 Å². The van der Waals surface area contributed by atoms with Crippen molar-refractivity contribution in [3.8, 4) is 0 Å². The van der Waals surface area contributed by atoms with E-state index in [0.29, 0.717) is 6.17 Å². The molecule has 40 valence electrons. The summed E-state index contributed by atoms with van der Waals surface area (Å²) in [4.78, 5) is 4.01. The fourth-order valence-electron chi connectivity index (χ4n) is 0.440. The van der Waals surface area contributed by atoms with E-state index in [1.165, 1.54) is 0 Å². The summed E-state index contributed by atoms with van der Waals surface area (Å²) in [5, 5.41) is 1.93. The summed E-state index contributed by atoms with van der Waals surface area (Å²) in [6, 6.07) is 0. The standard InChI is InChI=1S/C4H9N3/c1-4-5-3-6-7(4)2/h3-4H,1-2H3,(H,5,6). The molecule has 0 saturated carbocycles. The van der Waals surface area contributed by atoms with Gasteiger partial charge in [0.2, 0.25) is 0 Å². The zero-order valence-corrected chi connectivity index (χ0v) is 4.55. The molecule has 1 atom stereocenters. The Kier molecular flexibility index (Phi) is 0.982. The lowest BCUT2D eigenvalue weighted by Gasteiger charge is -2.11. The third-order valence-corrected chi connectivity index (χ3v) is 1.11. The van der Waals surface area contributed by atoms with E-state index in [9.17, 15) is 0 Å². The van der Waals surface area contributed by atoms with Gasteiger partial charge in [0.15, 0.2) is 0 Å². The van der Waals surface area contributed by atoms with Gasteiger partial charge < -0.3 is 5.43 Å². The van der Waals surface area contributed by atoms with E-state index in [-0.39, 0.29) is 0 Å². The fourth-order valence-corrected chi connectivity index (χ4v) is 0.440. The molecule has 0 bridgehead atoms. The van der Waals surface area contributed by atoms with Crippen LogP contribution in [0.3, 0.4) is 0 Å². The molecule has 0 amide bonds. The second kappa shape index (κ2) is 1.50. The predicted molar refractivity (Wildman–Crippen MR) is 28.9 cm³/mol. The Morgan fingerprint density at radius 3 is 2.71 bits per heavy atom. The van der Waals surface area contributed by atoms with Crippen LogP contribution in [0, 0.1) is 0 Å². The number of aliphatic imine (C=N–C) groups is 1. The van der Waals surface area contributed by atoms with Gasteiger partial charge in [0.05, 0.1) is 6.34 Å². The zero-order chi connectivity index (χ0) is 5.28. The highest BCUT2D eigenvalue weighted by molar-refractivity contribution is 5.55. The van der Waals surface area contributed by atoms with E-state index >= 15 is 0 Å². The van der Waals surface area contributed by atoms with E-state index in [2.05, 4.69) is 10.4 Å². The molecule has 0 spiro atoms. The van der Waals surface area contributed by atoms with Crippen molar-refractivity contribution < 1.29 is 0 Å². The summed E-state index contributed by atoms with van der Waals surface area (Å²) in [6.45, 7) is 2.02. The molecule has 0 fully saturated rings. The molecule has 3 heteroatoms. The van der Waals surface area contributed by atoms with Crippen LogP contribution in [-0.4, -0.2) is 24.6 Å². The minimum Gasteiger partial charge on any atom is -0.308 e. The maximum atomic E-state index is 4.01. The number of rotatable bonds is 0. The minimum atomic E-state index is 0.306. The minimum absolute atomic E-state index is 0.306. The van der Waals surface area contributed by atoms with Crippen LogP contribution in [0.4, 0.5) is 0 Å². The molecule has 1 aliphatic rings. The van der Waals surface area contributed by atoms with E-state index in [4.69, 9.17) is 0 Å². The molecule has 0 aromatic heterocycles. The summed E-state index contributed by atoms with van der Waals surface area (Å²) >= 11 is 0. The van der Waals surface area contributed by atoms with Crippen molar-refractivity contribution in [2.45, 2.75) is 13.1 Å². The maximum absolute atomic E-state index is 4.01. The van der Waals surface area contributed by atoms with Crippen molar-refractivity contribution in [1.29, 1.82) is 0 Å². The van der Waals surface area contributed by atoms with Gasteiger partial charge in [0.25, 0.3) is 0 Å². The number of hydrogen-bond donors (Lipinski definition) is 1. The van der Waals surface area contributed by atoms with Gasteiger partial charge in [-0.2, -0.15) is 0 Å². The summed E-state index contributed by atoms with van der Waals surface area (Å²) < 4.78 is 0. The third kappa shape index (κ3) is 0.718. The monoisotopic (exact) mass is 99.1 g/mol. The van der Waals surface area contributed by atoms with Gasteiger partial charge in [-0.3, -0.25) is 4.99 Å². The second-order valence-electron chi connectivity index (χ2n) is 1.65. The maximum Gasteiger partial charge on any atom is 0.117 e. The predicted octanol–water partition coefficient (Wildman–Crippen LogP) is -0.189. The Labute approximate surface area is 43.0 Å². The molecule has 0 aromatic carbocycles. The highest BCUT2D eigenvalue weighted by Gasteiger charge is 2.07. The molecule has 1 N–H and O–H groups in total. The van der Waals surface area contributed by atoms with Gasteiger partial charge in [-0.25, -0.2) is 5.01 Å². The number of nitrogens with zero attached hydrogens (tertiary/aromatic N) is 2. The average molecular weight is 99.1 g/mol. The first kappa shape index (κ1) is 4.59. The molecule has 0 aliphatic carbocycles. The quantitative estimate of drug-likeness (QED) is 0.456. The van der Waals surface area contributed by atoms with Gasteiger partial charge in [-0.15, -0.1) is 0 Å². The van der Waals surface area contributed by atoms with Crippen molar-refractivity contribution in [2.75, 3.05) is 7.05 Å². The first-order chi connectivity index (χ1) is 3.30. The highest BCUT2D eigenvalue weighted by atomic mass is 15.6. The van der Waals surface area contributed by atoms with E-state index in [1.807, 2.05) is 19.0 Å². The van der Waals surface area contributed by atoms with Gasteiger partial charge in [0, 0.05) is 7.05 Å². The molecule has 0 radical (unpaired) electrons. The number of hydrogen-bond acceptors (Lipinski definition) is 3. The lowest BCUT2D eigenvalue weighted by molar-refractivity contribution is 0.256. The first-order valence-electron chi connectivity index (χ1n) is 2.31. The molecule has 1 unspecified atom stereocenters. The third-order valence-electron chi connectivity index (χ3n) is 1.11. The van der Waals surface area contributed by atoms with Crippen molar-refractivity contribution in [1.82, 2.24) is 10.4 Å². The van der Waals surface area contributed by atoms with Crippen LogP contribution in [0.15, 0.2) is 4.99 Å². The van der Waals surface area contributed by atoms with Gasteiger partial charge in [-0.05, 0) is 6.92 Å². The Morgan fingerprint density at radius 2 is 2.57 bits per heavy atom. The van der Waals surface area contributed by atoms with E-state index in [0.717, 1.165) is 0 Å². The Morgan fingerprint density at radius 1 is 1.86 bits per heavy atom. The summed E-state index contributed by atoms with van der Waals surface area (Å²) in [5.41, 5.74) is 2.91. The van der Waals surface area contributed by atoms with Crippen LogP contribution >= 0.6 is 0 Å². The number of hydrazine groups is 1. The van der Waals surface area contributed by atoms with Crippen molar-refractivity contribution in [2.24, 2.45) is 4.99 Å². The molecular weight excluding hydrogens is 90.1 g/mol. The molecule has 0 aromatic rings. The number of nitrogens with one attached hydrogen (secondary N) is 1.